The van der Waals surface area contributed by atoms with Crippen LogP contribution >= 0.6 is 0 Å². The van der Waals surface area contributed by atoms with Gasteiger partial charge in [-0.2, -0.15) is 5.10 Å². The van der Waals surface area contributed by atoms with Crippen LogP contribution in [0.15, 0.2) is 36.5 Å². The lowest BCUT2D eigenvalue weighted by Gasteiger charge is -2.20. The normalized spacial score (nSPS) is 18.5. The van der Waals surface area contributed by atoms with Crippen molar-refractivity contribution in [1.82, 2.24) is 25.0 Å². The fraction of sp³-hybridized carbons (Fsp3) is 0.481. The second kappa shape index (κ2) is 10.7. The topological polar surface area (TPSA) is 112 Å². The van der Waals surface area contributed by atoms with E-state index in [2.05, 4.69) is 32.8 Å². The molecular formula is C27H34N6O3. The number of carbonyl (C=O) groups excluding carboxylic acids is 1. The van der Waals surface area contributed by atoms with Crippen molar-refractivity contribution in [2.24, 2.45) is 13.0 Å². The maximum atomic E-state index is 12.9. The zero-order valence-corrected chi connectivity index (χ0v) is 20.7. The van der Waals surface area contributed by atoms with Crippen molar-refractivity contribution in [3.8, 4) is 0 Å². The minimum absolute atomic E-state index is 0.370. The molecule has 1 aromatic carbocycles. The van der Waals surface area contributed by atoms with E-state index in [0.29, 0.717) is 29.8 Å². The van der Waals surface area contributed by atoms with E-state index in [0.717, 1.165) is 62.3 Å². The van der Waals surface area contributed by atoms with E-state index in [4.69, 9.17) is 4.98 Å². The summed E-state index contributed by atoms with van der Waals surface area (Å²) in [6.07, 6.45) is 7.42. The van der Waals surface area contributed by atoms with Crippen LogP contribution in [0.5, 0.6) is 0 Å². The van der Waals surface area contributed by atoms with Gasteiger partial charge in [-0.15, -0.1) is 0 Å². The number of fused-ring (bicyclic) bond motifs is 2. The van der Waals surface area contributed by atoms with Crippen molar-refractivity contribution in [3.63, 3.8) is 0 Å². The summed E-state index contributed by atoms with van der Waals surface area (Å²) in [6.45, 7) is 3.56. The molecule has 36 heavy (non-hydrogen) atoms. The molecule has 0 unspecified atom stereocenters. The van der Waals surface area contributed by atoms with Crippen LogP contribution in [0, 0.1) is 5.92 Å². The highest BCUT2D eigenvalue weighted by Crippen LogP contribution is 2.24. The Hall–Kier alpha value is -3.46. The summed E-state index contributed by atoms with van der Waals surface area (Å²) in [6, 6.07) is 8.81. The van der Waals surface area contributed by atoms with Gasteiger partial charge in [0, 0.05) is 37.8 Å². The molecule has 0 aliphatic carbocycles. The van der Waals surface area contributed by atoms with E-state index in [-0.39, 0.29) is 5.91 Å². The van der Waals surface area contributed by atoms with Gasteiger partial charge < -0.3 is 20.6 Å². The lowest BCUT2D eigenvalue weighted by Crippen LogP contribution is -2.43. The predicted molar refractivity (Wildman–Crippen MR) is 138 cm³/mol. The monoisotopic (exact) mass is 490 g/mol. The number of hydrogen-bond acceptors (Lipinski definition) is 6. The summed E-state index contributed by atoms with van der Waals surface area (Å²) in [5.74, 6) is 0.238. The molecule has 2 aromatic heterocycles. The average molecular weight is 491 g/mol. The largest absolute Gasteiger partial charge is 0.480 e. The summed E-state index contributed by atoms with van der Waals surface area (Å²) < 4.78 is 1.70. The summed E-state index contributed by atoms with van der Waals surface area (Å²) in [5, 5.41) is 20.8. The third-order valence-electron chi connectivity index (χ3n) is 7.50. The Morgan fingerprint density at radius 2 is 2.17 bits per heavy atom. The Bertz CT molecular complexity index is 1260. The second-order valence-corrected chi connectivity index (χ2v) is 9.99. The number of benzene rings is 1. The van der Waals surface area contributed by atoms with Crippen LogP contribution in [0.4, 0.5) is 5.82 Å². The van der Waals surface area contributed by atoms with E-state index in [9.17, 15) is 14.7 Å². The van der Waals surface area contributed by atoms with Gasteiger partial charge in [-0.3, -0.25) is 9.48 Å². The van der Waals surface area contributed by atoms with E-state index < -0.39 is 12.0 Å². The van der Waals surface area contributed by atoms with Crippen LogP contribution in [0.25, 0.3) is 10.9 Å². The molecule has 2 atom stereocenters. The maximum Gasteiger partial charge on any atom is 0.326 e. The number of carboxylic acid groups (broad SMARTS) is 1. The first kappa shape index (κ1) is 24.2. The molecule has 1 amide bonds. The molecule has 0 spiro atoms. The predicted octanol–water partition coefficient (Wildman–Crippen LogP) is 2.85. The summed E-state index contributed by atoms with van der Waals surface area (Å²) in [4.78, 5) is 31.9. The Kier molecular flexibility index (Phi) is 7.18. The van der Waals surface area contributed by atoms with Gasteiger partial charge in [0.05, 0.1) is 17.3 Å². The molecule has 5 rings (SSSR count). The van der Waals surface area contributed by atoms with Crippen LogP contribution in [0.3, 0.4) is 0 Å². The number of amides is 1. The number of carboxylic acids is 1. The molecule has 0 saturated carbocycles. The van der Waals surface area contributed by atoms with Gasteiger partial charge in [-0.1, -0.05) is 12.1 Å². The quantitative estimate of drug-likeness (QED) is 0.423. The van der Waals surface area contributed by atoms with Crippen LogP contribution < -0.4 is 10.6 Å². The minimum Gasteiger partial charge on any atom is -0.480 e. The van der Waals surface area contributed by atoms with Gasteiger partial charge in [0.15, 0.2) is 0 Å². The van der Waals surface area contributed by atoms with Crippen molar-refractivity contribution in [2.75, 3.05) is 31.5 Å². The molecule has 2 aliphatic heterocycles. The fourth-order valence-electron chi connectivity index (χ4n) is 5.39. The van der Waals surface area contributed by atoms with Gasteiger partial charge in [-0.25, -0.2) is 9.78 Å². The molecule has 0 radical (unpaired) electrons. The molecule has 3 N–H and O–H groups in total. The van der Waals surface area contributed by atoms with Gasteiger partial charge in [0.25, 0.3) is 5.91 Å². The van der Waals surface area contributed by atoms with Crippen molar-refractivity contribution in [2.45, 2.75) is 44.6 Å². The standard InChI is InChI=1S/C27H34N6O3/c1-32-24-6-2-5-21(22(24)16-29-32)26(34)31-23(27(35)36)12-15-33-14-11-18(17-33)7-9-20-10-8-19-4-3-13-28-25(19)30-20/h2,5-6,8,10,16,18,23H,3-4,7,9,11-15,17H2,1H3,(H,28,30)(H,31,34)(H,35,36)/t18-,23-/m0/s1. The Morgan fingerprint density at radius 1 is 1.28 bits per heavy atom. The first-order chi connectivity index (χ1) is 17.5. The number of aryl methyl sites for hydroxylation is 3. The molecule has 1 fully saturated rings. The number of carbonyl (C=O) groups is 2. The second-order valence-electron chi connectivity index (χ2n) is 9.99. The van der Waals surface area contributed by atoms with E-state index in [1.165, 1.54) is 12.0 Å². The zero-order valence-electron chi connectivity index (χ0n) is 20.7. The number of nitrogens with one attached hydrogen (secondary N) is 2. The Balaban J connectivity index is 1.11. The van der Waals surface area contributed by atoms with Crippen LogP contribution in [0.1, 0.15) is 47.3 Å². The molecule has 190 valence electrons. The molecule has 9 nitrogen and oxygen atoms in total. The third kappa shape index (κ3) is 5.36. The Morgan fingerprint density at radius 3 is 3.03 bits per heavy atom. The van der Waals surface area contributed by atoms with E-state index >= 15 is 0 Å². The lowest BCUT2D eigenvalue weighted by molar-refractivity contribution is -0.139. The zero-order chi connectivity index (χ0) is 25.1. The van der Waals surface area contributed by atoms with E-state index in [1.807, 2.05) is 13.1 Å². The van der Waals surface area contributed by atoms with Crippen LogP contribution in [0.2, 0.25) is 0 Å². The van der Waals surface area contributed by atoms with Crippen molar-refractivity contribution >= 4 is 28.6 Å². The lowest BCUT2D eigenvalue weighted by atomic mass is 10.00. The average Bonchev–Trinajstić information content (AvgIpc) is 3.51. The molecule has 9 heteroatoms. The summed E-state index contributed by atoms with van der Waals surface area (Å²) in [7, 11) is 1.81. The number of aromatic nitrogens is 3. The molecule has 3 aromatic rings. The molecule has 2 aliphatic rings. The molecule has 4 heterocycles. The first-order valence-electron chi connectivity index (χ1n) is 12.9. The molecule has 0 bridgehead atoms. The van der Waals surface area contributed by atoms with Gasteiger partial charge in [0.2, 0.25) is 0 Å². The number of anilines is 1. The minimum atomic E-state index is -1.01. The molecular weight excluding hydrogens is 456 g/mol. The number of likely N-dealkylation sites (tertiary alicyclic amines) is 1. The van der Waals surface area contributed by atoms with Gasteiger partial charge in [0.1, 0.15) is 11.9 Å². The van der Waals surface area contributed by atoms with Crippen LogP contribution in [-0.4, -0.2) is 68.9 Å². The van der Waals surface area contributed by atoms with Gasteiger partial charge >= 0.3 is 5.97 Å². The van der Waals surface area contributed by atoms with Crippen molar-refractivity contribution < 1.29 is 14.7 Å². The van der Waals surface area contributed by atoms with Crippen molar-refractivity contribution in [1.29, 1.82) is 0 Å². The third-order valence-corrected chi connectivity index (χ3v) is 7.50. The smallest absolute Gasteiger partial charge is 0.326 e. The number of rotatable bonds is 9. The highest BCUT2D eigenvalue weighted by Gasteiger charge is 2.26. The fourth-order valence-corrected chi connectivity index (χ4v) is 5.39. The van der Waals surface area contributed by atoms with Crippen LogP contribution in [-0.2, 0) is 24.7 Å². The molecule has 1 saturated heterocycles. The van der Waals surface area contributed by atoms with Gasteiger partial charge in [-0.05, 0) is 74.8 Å². The SMILES string of the molecule is Cn1ncc2c(C(=O)N[C@@H](CCN3CC[C@H](CCc4ccc5c(n4)NCCC5)C3)C(=O)O)cccc21. The highest BCUT2D eigenvalue weighted by molar-refractivity contribution is 6.07. The van der Waals surface area contributed by atoms with E-state index in [1.54, 1.807) is 23.0 Å². The number of aliphatic carboxylic acids is 1. The highest BCUT2D eigenvalue weighted by atomic mass is 16.4. The summed E-state index contributed by atoms with van der Waals surface area (Å²) in [5.41, 5.74) is 3.73. The van der Waals surface area contributed by atoms with Crippen molar-refractivity contribution in [3.05, 3.63) is 53.3 Å². The Labute approximate surface area is 210 Å². The summed E-state index contributed by atoms with van der Waals surface area (Å²) >= 11 is 0. The maximum absolute atomic E-state index is 12.9. The first-order valence-corrected chi connectivity index (χ1v) is 12.9. The number of nitrogens with zero attached hydrogens (tertiary/aromatic N) is 4. The number of hydrogen-bond donors (Lipinski definition) is 3. The number of pyridine rings is 1.